The van der Waals surface area contributed by atoms with Gasteiger partial charge in [0.15, 0.2) is 11.5 Å². The monoisotopic (exact) mass is 312 g/mol. The van der Waals surface area contributed by atoms with Crippen molar-refractivity contribution in [2.75, 3.05) is 11.9 Å². The molecule has 0 radical (unpaired) electrons. The van der Waals surface area contributed by atoms with Crippen molar-refractivity contribution >= 4 is 16.9 Å². The zero-order chi connectivity index (χ0) is 15.9. The minimum atomic E-state index is 0.861. The second kappa shape index (κ2) is 5.17. The lowest BCUT2D eigenvalue weighted by Gasteiger charge is -2.27. The number of fused-ring (bicyclic) bond motifs is 3. The Morgan fingerprint density at radius 1 is 0.958 bits per heavy atom. The van der Waals surface area contributed by atoms with Gasteiger partial charge in [-0.1, -0.05) is 36.4 Å². The van der Waals surface area contributed by atoms with Crippen molar-refractivity contribution in [3.63, 3.8) is 0 Å². The molecule has 24 heavy (non-hydrogen) atoms. The number of hydrogen-bond acceptors (Lipinski definition) is 3. The van der Waals surface area contributed by atoms with Crippen LogP contribution in [-0.4, -0.2) is 11.4 Å². The molecule has 0 atom stereocenters. The second-order valence-electron chi connectivity index (χ2n) is 6.02. The van der Waals surface area contributed by atoms with E-state index in [1.54, 1.807) is 0 Å². The maximum Gasteiger partial charge on any atom is 0.151 e. The Balaban J connectivity index is 1.50. The van der Waals surface area contributed by atoms with Gasteiger partial charge < -0.3 is 15.0 Å². The third kappa shape index (κ3) is 2.14. The topological polar surface area (TPSA) is 24.5 Å². The number of hydrogen-bond donors (Lipinski definition) is 1. The number of allylic oxidation sites excluding steroid dienone is 5. The molecule has 2 aromatic rings. The van der Waals surface area contributed by atoms with E-state index in [4.69, 9.17) is 4.74 Å². The number of nitrogens with one attached hydrogen (secondary N) is 1. The van der Waals surface area contributed by atoms with Crippen molar-refractivity contribution in [1.29, 1.82) is 0 Å². The van der Waals surface area contributed by atoms with Gasteiger partial charge in [0.05, 0.1) is 11.4 Å². The van der Waals surface area contributed by atoms with E-state index in [2.05, 4.69) is 65.0 Å². The Bertz CT molecular complexity index is 950. The minimum Gasteiger partial charge on any atom is -0.453 e. The molecule has 3 nitrogen and oxygen atoms in total. The molecule has 116 valence electrons. The smallest absolute Gasteiger partial charge is 0.151 e. The average Bonchev–Trinajstić information content (AvgIpc) is 2.65. The lowest BCUT2D eigenvalue weighted by atomic mass is 10.0. The first-order chi connectivity index (χ1) is 11.9. The first kappa shape index (κ1) is 13.3. The summed E-state index contributed by atoms with van der Waals surface area (Å²) in [6.45, 7) is 0.913. The maximum absolute atomic E-state index is 6.07. The average molecular weight is 312 g/mol. The van der Waals surface area contributed by atoms with E-state index in [1.807, 2.05) is 24.3 Å². The van der Waals surface area contributed by atoms with Crippen LogP contribution >= 0.6 is 0 Å². The molecule has 0 amide bonds. The number of rotatable bonds is 1. The Morgan fingerprint density at radius 2 is 1.88 bits per heavy atom. The second-order valence-corrected chi connectivity index (χ2v) is 6.02. The summed E-state index contributed by atoms with van der Waals surface area (Å²) in [7, 11) is 0. The summed E-state index contributed by atoms with van der Waals surface area (Å²) in [6.07, 6.45) is 12.9. The molecule has 1 N–H and O–H groups in total. The van der Waals surface area contributed by atoms with Gasteiger partial charge in [0.25, 0.3) is 0 Å². The van der Waals surface area contributed by atoms with E-state index in [0.717, 1.165) is 35.0 Å². The molecule has 0 fully saturated rings. The summed E-state index contributed by atoms with van der Waals surface area (Å²) in [6, 6.07) is 14.3. The molecule has 0 bridgehead atoms. The number of ether oxygens (including phenoxy) is 1. The summed E-state index contributed by atoms with van der Waals surface area (Å²) in [5, 5.41) is 3.42. The lowest BCUT2D eigenvalue weighted by Crippen LogP contribution is -2.20. The highest BCUT2D eigenvalue weighted by molar-refractivity contribution is 5.82. The molecular weight excluding hydrogens is 296 g/mol. The molecule has 0 aliphatic carbocycles. The molecule has 0 saturated heterocycles. The first-order valence-electron chi connectivity index (χ1n) is 8.08. The van der Waals surface area contributed by atoms with E-state index < -0.39 is 0 Å². The number of benzene rings is 2. The molecule has 0 saturated carbocycles. The van der Waals surface area contributed by atoms with Crippen molar-refractivity contribution in [2.24, 2.45) is 0 Å². The van der Waals surface area contributed by atoms with Gasteiger partial charge in [0.1, 0.15) is 0 Å². The third-order valence-corrected chi connectivity index (χ3v) is 4.46. The maximum atomic E-state index is 6.07. The van der Waals surface area contributed by atoms with Gasteiger partial charge in [-0.3, -0.25) is 0 Å². The van der Waals surface area contributed by atoms with Crippen LogP contribution in [0.25, 0.3) is 5.57 Å². The molecule has 3 heteroatoms. The van der Waals surface area contributed by atoms with E-state index in [1.165, 1.54) is 11.3 Å². The van der Waals surface area contributed by atoms with Gasteiger partial charge in [-0.2, -0.15) is 0 Å². The van der Waals surface area contributed by atoms with Gasteiger partial charge in [-0.25, -0.2) is 0 Å². The van der Waals surface area contributed by atoms with Crippen LogP contribution in [0.4, 0.5) is 11.4 Å². The van der Waals surface area contributed by atoms with Crippen LogP contribution in [0.15, 0.2) is 84.7 Å². The fraction of sp³-hybridized carbons (Fsp3) is 0.0476. The van der Waals surface area contributed by atoms with Crippen LogP contribution in [0, 0.1) is 0 Å². The van der Waals surface area contributed by atoms with Crippen LogP contribution in [0.3, 0.4) is 0 Å². The molecular formula is C21H16N2O. The van der Waals surface area contributed by atoms with Gasteiger partial charge in [-0.05, 0) is 47.6 Å². The van der Waals surface area contributed by atoms with Crippen LogP contribution in [0.2, 0.25) is 0 Å². The van der Waals surface area contributed by atoms with Crippen molar-refractivity contribution < 1.29 is 4.74 Å². The Labute approximate surface area is 140 Å². The standard InChI is InChI=1S/C21H16N2O/c1-2-7-20-18(6-1)22-19-11-9-15(13-21(19)24-20)16-8-10-17-5-3-4-12-23(17)14-16/h1-11,13-14,22H,12H2. The Hall–Kier alpha value is -3.20. The van der Waals surface area contributed by atoms with Gasteiger partial charge in [0, 0.05) is 18.4 Å². The highest BCUT2D eigenvalue weighted by Crippen LogP contribution is 2.43. The highest BCUT2D eigenvalue weighted by atomic mass is 16.5. The van der Waals surface area contributed by atoms with Crippen molar-refractivity contribution in [3.05, 3.63) is 90.3 Å². The molecule has 3 heterocycles. The van der Waals surface area contributed by atoms with Gasteiger partial charge in [-0.15, -0.1) is 0 Å². The zero-order valence-electron chi connectivity index (χ0n) is 13.1. The molecule has 3 aliphatic rings. The quantitative estimate of drug-likeness (QED) is 0.668. The van der Waals surface area contributed by atoms with E-state index in [-0.39, 0.29) is 0 Å². The molecule has 5 rings (SSSR count). The van der Waals surface area contributed by atoms with Crippen molar-refractivity contribution in [1.82, 2.24) is 4.90 Å². The van der Waals surface area contributed by atoms with Crippen molar-refractivity contribution in [3.8, 4) is 11.5 Å². The summed E-state index contributed by atoms with van der Waals surface area (Å²) in [5.74, 6) is 1.72. The Kier molecular flexibility index (Phi) is 2.85. The zero-order valence-corrected chi connectivity index (χ0v) is 13.1. The molecule has 0 unspecified atom stereocenters. The number of para-hydroxylation sites is 2. The minimum absolute atomic E-state index is 0.861. The molecule has 2 aromatic carbocycles. The number of nitrogens with zero attached hydrogens (tertiary/aromatic N) is 1. The molecule has 0 spiro atoms. The SMILES string of the molecule is C1=CCN2C=C(c3ccc4c(c3)Oc3ccccc3N4)C=CC2=C1. The van der Waals surface area contributed by atoms with Crippen LogP contribution in [-0.2, 0) is 0 Å². The fourth-order valence-corrected chi connectivity index (χ4v) is 3.19. The largest absolute Gasteiger partial charge is 0.453 e. The summed E-state index contributed by atoms with van der Waals surface area (Å²) in [4.78, 5) is 2.25. The van der Waals surface area contributed by atoms with E-state index >= 15 is 0 Å². The van der Waals surface area contributed by atoms with Gasteiger partial charge >= 0.3 is 0 Å². The van der Waals surface area contributed by atoms with Crippen LogP contribution in [0.1, 0.15) is 5.56 Å². The summed E-state index contributed by atoms with van der Waals surface area (Å²) < 4.78 is 6.07. The third-order valence-electron chi connectivity index (χ3n) is 4.46. The van der Waals surface area contributed by atoms with E-state index in [0.29, 0.717) is 0 Å². The predicted molar refractivity (Wildman–Crippen MR) is 97.3 cm³/mol. The predicted octanol–water partition coefficient (Wildman–Crippen LogP) is 5.20. The molecule has 3 aliphatic heterocycles. The number of anilines is 2. The van der Waals surface area contributed by atoms with E-state index in [9.17, 15) is 0 Å². The lowest BCUT2D eigenvalue weighted by molar-refractivity contribution is 0.481. The Morgan fingerprint density at radius 3 is 2.88 bits per heavy atom. The summed E-state index contributed by atoms with van der Waals surface area (Å²) >= 11 is 0. The fourth-order valence-electron chi connectivity index (χ4n) is 3.19. The molecule has 0 aromatic heterocycles. The van der Waals surface area contributed by atoms with Gasteiger partial charge in [0.2, 0.25) is 0 Å². The first-order valence-corrected chi connectivity index (χ1v) is 8.08. The van der Waals surface area contributed by atoms with Crippen LogP contribution < -0.4 is 10.1 Å². The van der Waals surface area contributed by atoms with Crippen LogP contribution in [0.5, 0.6) is 11.5 Å². The highest BCUT2D eigenvalue weighted by Gasteiger charge is 2.18. The van der Waals surface area contributed by atoms with Crippen molar-refractivity contribution in [2.45, 2.75) is 0 Å². The summed E-state index contributed by atoms with van der Waals surface area (Å²) in [5.41, 5.74) is 5.57. The normalized spacial score (nSPS) is 16.9.